The average molecular weight is 333 g/mol. The van der Waals surface area contributed by atoms with Gasteiger partial charge in [0.2, 0.25) is 0 Å². The van der Waals surface area contributed by atoms with E-state index >= 15 is 0 Å². The normalized spacial score (nSPS) is 14.1. The van der Waals surface area contributed by atoms with Gasteiger partial charge in [0.25, 0.3) is 0 Å². The maximum Gasteiger partial charge on any atom is 0.123 e. The SMILES string of the molecule is CNCC(O)C(c1cccc(F)c1)n1ccc2cc(Cl)ccc21. The van der Waals surface area contributed by atoms with Crippen molar-refractivity contribution in [3.8, 4) is 0 Å². The molecule has 0 fully saturated rings. The van der Waals surface area contributed by atoms with Crippen LogP contribution in [0.2, 0.25) is 5.02 Å². The fraction of sp³-hybridized carbons (Fsp3) is 0.222. The number of aliphatic hydroxyl groups is 1. The van der Waals surface area contributed by atoms with E-state index in [9.17, 15) is 9.50 Å². The number of fused-ring (bicyclic) bond motifs is 1. The molecule has 0 aliphatic rings. The highest BCUT2D eigenvalue weighted by atomic mass is 35.5. The second kappa shape index (κ2) is 6.71. The number of likely N-dealkylation sites (N-methyl/N-ethyl adjacent to an activating group) is 1. The lowest BCUT2D eigenvalue weighted by molar-refractivity contribution is 0.132. The van der Waals surface area contributed by atoms with Gasteiger partial charge in [-0.05, 0) is 49.0 Å². The molecule has 0 aliphatic carbocycles. The summed E-state index contributed by atoms with van der Waals surface area (Å²) in [4.78, 5) is 0. The molecule has 3 aromatic rings. The Kier molecular flexibility index (Phi) is 4.66. The lowest BCUT2D eigenvalue weighted by Crippen LogP contribution is -2.33. The van der Waals surface area contributed by atoms with Crippen LogP contribution in [-0.2, 0) is 0 Å². The Bertz CT molecular complexity index is 818. The fourth-order valence-electron chi connectivity index (χ4n) is 2.96. The molecule has 2 atom stereocenters. The number of nitrogens with one attached hydrogen (secondary N) is 1. The molecule has 3 nitrogen and oxygen atoms in total. The lowest BCUT2D eigenvalue weighted by Gasteiger charge is -2.26. The van der Waals surface area contributed by atoms with Gasteiger partial charge in [-0.2, -0.15) is 0 Å². The Morgan fingerprint density at radius 1 is 1.22 bits per heavy atom. The predicted molar refractivity (Wildman–Crippen MR) is 91.4 cm³/mol. The summed E-state index contributed by atoms with van der Waals surface area (Å²) in [6.07, 6.45) is 1.20. The number of nitrogens with zero attached hydrogens (tertiary/aromatic N) is 1. The number of aromatic nitrogens is 1. The van der Waals surface area contributed by atoms with Crippen molar-refractivity contribution in [2.75, 3.05) is 13.6 Å². The fourth-order valence-corrected chi connectivity index (χ4v) is 3.14. The molecule has 0 spiro atoms. The Hall–Kier alpha value is -1.88. The lowest BCUT2D eigenvalue weighted by atomic mass is 10.0. The summed E-state index contributed by atoms with van der Waals surface area (Å²) in [5, 5.41) is 15.2. The number of aliphatic hydroxyl groups excluding tert-OH is 1. The van der Waals surface area contributed by atoms with Crippen molar-refractivity contribution in [3.63, 3.8) is 0 Å². The molecular weight excluding hydrogens is 315 g/mol. The van der Waals surface area contributed by atoms with Crippen molar-refractivity contribution in [3.05, 3.63) is 71.1 Å². The Morgan fingerprint density at radius 2 is 2.04 bits per heavy atom. The van der Waals surface area contributed by atoms with E-state index in [1.807, 2.05) is 41.1 Å². The van der Waals surface area contributed by atoms with Crippen molar-refractivity contribution in [2.24, 2.45) is 0 Å². The zero-order valence-electron chi connectivity index (χ0n) is 12.7. The van der Waals surface area contributed by atoms with Crippen molar-refractivity contribution in [1.82, 2.24) is 9.88 Å². The average Bonchev–Trinajstić information content (AvgIpc) is 2.91. The highest BCUT2D eigenvalue weighted by Gasteiger charge is 2.24. The quantitative estimate of drug-likeness (QED) is 0.749. The van der Waals surface area contributed by atoms with E-state index in [1.54, 1.807) is 13.1 Å². The summed E-state index contributed by atoms with van der Waals surface area (Å²) < 4.78 is 15.6. The van der Waals surface area contributed by atoms with Crippen molar-refractivity contribution >= 4 is 22.5 Å². The van der Waals surface area contributed by atoms with Gasteiger partial charge in [0.15, 0.2) is 0 Å². The smallest absolute Gasteiger partial charge is 0.123 e. The Labute approximate surface area is 139 Å². The third-order valence-electron chi connectivity index (χ3n) is 3.95. The van der Waals surface area contributed by atoms with E-state index in [1.165, 1.54) is 12.1 Å². The van der Waals surface area contributed by atoms with E-state index in [4.69, 9.17) is 11.6 Å². The summed E-state index contributed by atoms with van der Waals surface area (Å²) in [7, 11) is 1.78. The van der Waals surface area contributed by atoms with Crippen LogP contribution in [0.4, 0.5) is 4.39 Å². The van der Waals surface area contributed by atoms with Gasteiger partial charge >= 0.3 is 0 Å². The van der Waals surface area contributed by atoms with Crippen LogP contribution in [0.25, 0.3) is 10.9 Å². The first-order valence-electron chi connectivity index (χ1n) is 7.44. The van der Waals surface area contributed by atoms with Gasteiger partial charge in [-0.25, -0.2) is 4.39 Å². The molecule has 0 saturated carbocycles. The van der Waals surface area contributed by atoms with Crippen molar-refractivity contribution < 1.29 is 9.50 Å². The molecule has 23 heavy (non-hydrogen) atoms. The first-order valence-corrected chi connectivity index (χ1v) is 7.82. The predicted octanol–water partition coefficient (Wildman–Crippen LogP) is 3.60. The largest absolute Gasteiger partial charge is 0.389 e. The maximum atomic E-state index is 13.7. The van der Waals surface area contributed by atoms with E-state index in [-0.39, 0.29) is 5.82 Å². The van der Waals surface area contributed by atoms with Gasteiger partial charge in [-0.3, -0.25) is 0 Å². The first-order chi connectivity index (χ1) is 11.1. The highest BCUT2D eigenvalue weighted by Crippen LogP contribution is 2.29. The van der Waals surface area contributed by atoms with Gasteiger partial charge in [0.05, 0.1) is 12.1 Å². The molecule has 3 rings (SSSR count). The minimum absolute atomic E-state index is 0.316. The van der Waals surface area contributed by atoms with Crippen molar-refractivity contribution in [1.29, 1.82) is 0 Å². The van der Waals surface area contributed by atoms with Gasteiger partial charge in [0.1, 0.15) is 5.82 Å². The molecule has 1 aromatic heterocycles. The standard InChI is InChI=1S/C18H18ClFN2O/c1-21-11-17(23)18(13-3-2-4-15(20)10-13)22-8-7-12-9-14(19)5-6-16(12)22/h2-10,17-18,21,23H,11H2,1H3. The van der Waals surface area contributed by atoms with Gasteiger partial charge in [0, 0.05) is 28.7 Å². The maximum absolute atomic E-state index is 13.7. The van der Waals surface area contributed by atoms with Crippen LogP contribution in [0, 0.1) is 5.82 Å². The number of hydrogen-bond acceptors (Lipinski definition) is 2. The molecule has 2 N–H and O–H groups in total. The summed E-state index contributed by atoms with van der Waals surface area (Å²) in [6.45, 7) is 0.397. The minimum atomic E-state index is -0.701. The van der Waals surface area contributed by atoms with Crippen LogP contribution in [0.1, 0.15) is 11.6 Å². The van der Waals surface area contributed by atoms with Gasteiger partial charge in [-0.15, -0.1) is 0 Å². The van der Waals surface area contributed by atoms with Crippen LogP contribution in [0.3, 0.4) is 0 Å². The third kappa shape index (κ3) is 3.24. The molecule has 1 heterocycles. The topological polar surface area (TPSA) is 37.2 Å². The molecule has 0 aliphatic heterocycles. The summed E-state index contributed by atoms with van der Waals surface area (Å²) in [6, 6.07) is 13.5. The first kappa shape index (κ1) is 16.0. The number of rotatable bonds is 5. The molecule has 0 amide bonds. The van der Waals surface area contributed by atoms with Gasteiger partial charge < -0.3 is 15.0 Å². The number of benzene rings is 2. The molecule has 2 aromatic carbocycles. The van der Waals surface area contributed by atoms with E-state index in [0.717, 1.165) is 16.5 Å². The molecule has 2 unspecified atom stereocenters. The molecule has 0 saturated heterocycles. The third-order valence-corrected chi connectivity index (χ3v) is 4.19. The second-order valence-electron chi connectivity index (χ2n) is 5.55. The van der Waals surface area contributed by atoms with E-state index in [0.29, 0.717) is 11.6 Å². The summed E-state index contributed by atoms with van der Waals surface area (Å²) in [5.74, 6) is -0.316. The molecular formula is C18H18ClFN2O. The molecule has 120 valence electrons. The molecule has 0 bridgehead atoms. The van der Waals surface area contributed by atoms with Crippen LogP contribution >= 0.6 is 11.6 Å². The van der Waals surface area contributed by atoms with Crippen molar-refractivity contribution in [2.45, 2.75) is 12.1 Å². The van der Waals surface area contributed by atoms with E-state index in [2.05, 4.69) is 5.32 Å². The minimum Gasteiger partial charge on any atom is -0.389 e. The van der Waals surface area contributed by atoms with Crippen LogP contribution in [0.5, 0.6) is 0 Å². The Morgan fingerprint density at radius 3 is 2.78 bits per heavy atom. The molecule has 0 radical (unpaired) electrons. The zero-order valence-corrected chi connectivity index (χ0v) is 13.5. The summed E-state index contributed by atoms with van der Waals surface area (Å²) >= 11 is 6.04. The highest BCUT2D eigenvalue weighted by molar-refractivity contribution is 6.31. The van der Waals surface area contributed by atoms with Crippen LogP contribution in [0.15, 0.2) is 54.7 Å². The van der Waals surface area contributed by atoms with E-state index < -0.39 is 12.1 Å². The van der Waals surface area contributed by atoms with Crippen LogP contribution < -0.4 is 5.32 Å². The zero-order chi connectivity index (χ0) is 16.4. The molecule has 5 heteroatoms. The number of halogens is 2. The summed E-state index contributed by atoms with van der Waals surface area (Å²) in [5.41, 5.74) is 1.67. The monoisotopic (exact) mass is 332 g/mol. The second-order valence-corrected chi connectivity index (χ2v) is 5.99. The Balaban J connectivity index is 2.13. The number of hydrogen-bond donors (Lipinski definition) is 2. The van der Waals surface area contributed by atoms with Crippen LogP contribution in [-0.4, -0.2) is 29.4 Å². The van der Waals surface area contributed by atoms with Gasteiger partial charge in [-0.1, -0.05) is 23.7 Å².